The summed E-state index contributed by atoms with van der Waals surface area (Å²) in [6.45, 7) is 10.5. The van der Waals surface area contributed by atoms with Crippen molar-refractivity contribution in [3.8, 4) is 0 Å². The summed E-state index contributed by atoms with van der Waals surface area (Å²) < 4.78 is 14.7. The van der Waals surface area contributed by atoms with Gasteiger partial charge < -0.3 is 23.7 Å². The van der Waals surface area contributed by atoms with E-state index in [9.17, 15) is 9.59 Å². The molecule has 1 aromatic heterocycles. The average molecular weight is 479 g/mol. The van der Waals surface area contributed by atoms with Crippen LogP contribution in [-0.2, 0) is 33.7 Å². The van der Waals surface area contributed by atoms with Crippen LogP contribution in [0.15, 0.2) is 22.7 Å². The van der Waals surface area contributed by atoms with Crippen molar-refractivity contribution in [3.63, 3.8) is 0 Å². The summed E-state index contributed by atoms with van der Waals surface area (Å²) in [4.78, 5) is 25.2. The van der Waals surface area contributed by atoms with Crippen molar-refractivity contribution in [1.29, 1.82) is 0 Å². The second-order valence-electron chi connectivity index (χ2n) is 8.87. The molecule has 0 fully saturated rings. The lowest BCUT2D eigenvalue weighted by molar-refractivity contribution is -0.112. The van der Waals surface area contributed by atoms with E-state index >= 15 is 0 Å². The van der Waals surface area contributed by atoms with Crippen LogP contribution < -0.4 is 0 Å². The van der Waals surface area contributed by atoms with Gasteiger partial charge in [-0.3, -0.25) is 0 Å². The maximum atomic E-state index is 12.6. The number of ether oxygens (including phenoxy) is 2. The summed E-state index contributed by atoms with van der Waals surface area (Å²) in [5.74, 6) is -0.0972. The normalized spacial score (nSPS) is 15.6. The molecule has 0 bridgehead atoms. The SMILES string of the molecule is CC(C=O)COCCn1c2c(c3c(Br)cccc31)CCN(C(=O)OC(C)(C)C)CC2. The van der Waals surface area contributed by atoms with Gasteiger partial charge in [-0.15, -0.1) is 0 Å². The standard InChI is InChI=1S/C23H31BrN2O4/c1-16(14-27)15-29-13-12-26-19-9-11-25(22(28)30-23(2,3)4)10-8-17(19)21-18(24)6-5-7-20(21)26/h5-7,14,16H,8-13,15H2,1-4H3. The summed E-state index contributed by atoms with van der Waals surface area (Å²) in [7, 11) is 0. The Morgan fingerprint density at radius 3 is 2.70 bits per heavy atom. The molecule has 1 aliphatic heterocycles. The van der Waals surface area contributed by atoms with Gasteiger partial charge >= 0.3 is 6.09 Å². The highest BCUT2D eigenvalue weighted by Gasteiger charge is 2.27. The third kappa shape index (κ3) is 5.24. The highest BCUT2D eigenvalue weighted by atomic mass is 79.9. The Morgan fingerprint density at radius 1 is 1.27 bits per heavy atom. The molecule has 0 radical (unpaired) electrons. The molecular weight excluding hydrogens is 448 g/mol. The first kappa shape index (κ1) is 22.8. The maximum absolute atomic E-state index is 12.6. The first-order chi connectivity index (χ1) is 14.2. The molecule has 1 unspecified atom stereocenters. The fraction of sp³-hybridized carbons (Fsp3) is 0.565. The van der Waals surface area contributed by atoms with E-state index < -0.39 is 5.60 Å². The van der Waals surface area contributed by atoms with Crippen LogP contribution in [0.25, 0.3) is 10.9 Å². The monoisotopic (exact) mass is 478 g/mol. The Labute approximate surface area is 186 Å². The number of amides is 1. The second kappa shape index (κ2) is 9.52. The van der Waals surface area contributed by atoms with Crippen molar-refractivity contribution < 1.29 is 19.1 Å². The zero-order valence-corrected chi connectivity index (χ0v) is 19.8. The van der Waals surface area contributed by atoms with Crippen LogP contribution in [0.1, 0.15) is 39.0 Å². The second-order valence-corrected chi connectivity index (χ2v) is 9.72. The molecular formula is C23H31BrN2O4. The Bertz CT molecular complexity index is 916. The van der Waals surface area contributed by atoms with Crippen LogP contribution in [0.2, 0.25) is 0 Å². The molecule has 30 heavy (non-hydrogen) atoms. The summed E-state index contributed by atoms with van der Waals surface area (Å²) >= 11 is 3.72. The smallest absolute Gasteiger partial charge is 0.410 e. The topological polar surface area (TPSA) is 60.8 Å². The van der Waals surface area contributed by atoms with Crippen LogP contribution in [0.4, 0.5) is 4.79 Å². The van der Waals surface area contributed by atoms with Crippen molar-refractivity contribution >= 4 is 39.2 Å². The van der Waals surface area contributed by atoms with Gasteiger partial charge in [0.15, 0.2) is 0 Å². The molecule has 0 saturated heterocycles. The van der Waals surface area contributed by atoms with E-state index in [0.717, 1.165) is 23.6 Å². The molecule has 1 amide bonds. The number of benzene rings is 1. The van der Waals surface area contributed by atoms with Crippen molar-refractivity contribution in [1.82, 2.24) is 9.47 Å². The van der Waals surface area contributed by atoms with E-state index in [1.807, 2.05) is 33.8 Å². The Morgan fingerprint density at radius 2 is 2.00 bits per heavy atom. The number of nitrogens with zero attached hydrogens (tertiary/aromatic N) is 2. The van der Waals surface area contributed by atoms with Crippen LogP contribution in [-0.4, -0.2) is 53.8 Å². The predicted molar refractivity (Wildman–Crippen MR) is 121 cm³/mol. The molecule has 1 atom stereocenters. The van der Waals surface area contributed by atoms with Crippen LogP contribution in [0.5, 0.6) is 0 Å². The van der Waals surface area contributed by atoms with Crippen molar-refractivity contribution in [2.75, 3.05) is 26.3 Å². The first-order valence-electron chi connectivity index (χ1n) is 10.5. The van der Waals surface area contributed by atoms with E-state index in [1.54, 1.807) is 4.90 Å². The zero-order chi connectivity index (χ0) is 21.9. The van der Waals surface area contributed by atoms with Gasteiger partial charge in [-0.05, 0) is 44.9 Å². The quantitative estimate of drug-likeness (QED) is 0.449. The third-order valence-corrected chi connectivity index (χ3v) is 5.89. The first-order valence-corrected chi connectivity index (χ1v) is 11.3. The number of fused-ring (bicyclic) bond motifs is 3. The lowest BCUT2D eigenvalue weighted by atomic mass is 10.1. The van der Waals surface area contributed by atoms with E-state index in [2.05, 4.69) is 32.6 Å². The highest BCUT2D eigenvalue weighted by molar-refractivity contribution is 9.10. The predicted octanol–water partition coefficient (Wildman–Crippen LogP) is 4.59. The maximum Gasteiger partial charge on any atom is 0.410 e. The molecule has 6 nitrogen and oxygen atoms in total. The average Bonchev–Trinajstić information content (AvgIpc) is 2.82. The highest BCUT2D eigenvalue weighted by Crippen LogP contribution is 2.34. The molecule has 3 rings (SSSR count). The fourth-order valence-electron chi connectivity index (χ4n) is 3.87. The zero-order valence-electron chi connectivity index (χ0n) is 18.2. The van der Waals surface area contributed by atoms with Crippen LogP contribution >= 0.6 is 15.9 Å². The number of carbonyl (C=O) groups is 2. The largest absolute Gasteiger partial charge is 0.444 e. The third-order valence-electron chi connectivity index (χ3n) is 5.23. The molecule has 0 aliphatic carbocycles. The lowest BCUT2D eigenvalue weighted by Gasteiger charge is -2.26. The molecule has 1 aliphatic rings. The molecule has 2 heterocycles. The van der Waals surface area contributed by atoms with Crippen molar-refractivity contribution in [2.45, 2.75) is 52.7 Å². The number of rotatable bonds is 6. The van der Waals surface area contributed by atoms with Gasteiger partial charge in [0, 0.05) is 53.0 Å². The van der Waals surface area contributed by atoms with Gasteiger partial charge in [-0.1, -0.05) is 28.9 Å². The van der Waals surface area contributed by atoms with E-state index in [1.165, 1.54) is 22.2 Å². The number of carbonyl (C=O) groups excluding carboxylic acids is 2. The Kier molecular flexibility index (Phi) is 7.24. The van der Waals surface area contributed by atoms with Gasteiger partial charge in [0.05, 0.1) is 13.2 Å². The number of hydrogen-bond acceptors (Lipinski definition) is 4. The number of halogens is 1. The minimum atomic E-state index is -0.503. The molecule has 0 spiro atoms. The Hall–Kier alpha value is -1.86. The van der Waals surface area contributed by atoms with Gasteiger partial charge in [0.25, 0.3) is 0 Å². The molecule has 0 saturated carbocycles. The number of hydrogen-bond donors (Lipinski definition) is 0. The van der Waals surface area contributed by atoms with Gasteiger partial charge in [-0.2, -0.15) is 0 Å². The molecule has 0 N–H and O–H groups in total. The number of aldehydes is 1. The summed E-state index contributed by atoms with van der Waals surface area (Å²) in [6, 6.07) is 6.24. The minimum absolute atomic E-state index is 0.0972. The summed E-state index contributed by atoms with van der Waals surface area (Å²) in [5.41, 5.74) is 3.20. The molecule has 7 heteroatoms. The van der Waals surface area contributed by atoms with Crippen molar-refractivity contribution in [2.24, 2.45) is 5.92 Å². The van der Waals surface area contributed by atoms with E-state index in [4.69, 9.17) is 9.47 Å². The fourth-order valence-corrected chi connectivity index (χ4v) is 4.47. The van der Waals surface area contributed by atoms with Gasteiger partial charge in [0.1, 0.15) is 11.9 Å². The molecule has 1 aromatic carbocycles. The summed E-state index contributed by atoms with van der Waals surface area (Å²) in [6.07, 6.45) is 2.21. The van der Waals surface area contributed by atoms with E-state index in [0.29, 0.717) is 32.8 Å². The van der Waals surface area contributed by atoms with Crippen molar-refractivity contribution in [3.05, 3.63) is 33.9 Å². The number of aromatic nitrogens is 1. The van der Waals surface area contributed by atoms with Crippen LogP contribution in [0, 0.1) is 5.92 Å². The Balaban J connectivity index is 1.83. The van der Waals surface area contributed by atoms with E-state index in [-0.39, 0.29) is 12.0 Å². The molecule has 164 valence electrons. The lowest BCUT2D eigenvalue weighted by Crippen LogP contribution is -2.38. The molecule has 2 aromatic rings. The minimum Gasteiger partial charge on any atom is -0.444 e. The van der Waals surface area contributed by atoms with Gasteiger partial charge in [-0.25, -0.2) is 4.79 Å². The van der Waals surface area contributed by atoms with Gasteiger partial charge in [0.2, 0.25) is 0 Å². The summed E-state index contributed by atoms with van der Waals surface area (Å²) in [5, 5.41) is 1.21. The van der Waals surface area contributed by atoms with Crippen LogP contribution in [0.3, 0.4) is 0 Å².